The molecule has 1 N–H and O–H groups in total. The highest BCUT2D eigenvalue weighted by Gasteiger charge is 2.24. The van der Waals surface area contributed by atoms with Gasteiger partial charge in [0.15, 0.2) is 0 Å². The van der Waals surface area contributed by atoms with Gasteiger partial charge >= 0.3 is 5.97 Å². The fourth-order valence-corrected chi connectivity index (χ4v) is 1.40. The molecule has 0 amide bonds. The molecule has 0 radical (unpaired) electrons. The van der Waals surface area contributed by atoms with Crippen molar-refractivity contribution in [3.8, 4) is 0 Å². The van der Waals surface area contributed by atoms with Gasteiger partial charge in [0, 0.05) is 6.54 Å². The van der Waals surface area contributed by atoms with Crippen LogP contribution in [-0.4, -0.2) is 20.9 Å². The lowest BCUT2D eigenvalue weighted by Crippen LogP contribution is -2.10. The minimum Gasteiger partial charge on any atom is -0.477 e. The Bertz CT molecular complexity index is 339. The van der Waals surface area contributed by atoms with E-state index in [4.69, 9.17) is 5.11 Å². The maximum Gasteiger partial charge on any atom is 0.354 e. The molecule has 0 unspecified atom stereocenters. The summed E-state index contributed by atoms with van der Waals surface area (Å²) in [5, 5.41) is 13.0. The van der Waals surface area contributed by atoms with Crippen LogP contribution in [0.4, 0.5) is 0 Å². The molecule has 13 heavy (non-hydrogen) atoms. The van der Waals surface area contributed by atoms with Gasteiger partial charge in [0.1, 0.15) is 5.69 Å². The number of aromatic carboxylic acids is 1. The van der Waals surface area contributed by atoms with Gasteiger partial charge in [-0.2, -0.15) is 5.10 Å². The zero-order valence-electron chi connectivity index (χ0n) is 7.53. The van der Waals surface area contributed by atoms with E-state index in [1.54, 1.807) is 10.7 Å². The molecule has 4 nitrogen and oxygen atoms in total. The lowest BCUT2D eigenvalue weighted by molar-refractivity contribution is 0.0682. The summed E-state index contributed by atoms with van der Waals surface area (Å²) >= 11 is 0. The quantitative estimate of drug-likeness (QED) is 0.762. The van der Waals surface area contributed by atoms with Crippen LogP contribution in [0.2, 0.25) is 0 Å². The number of hydrogen-bond acceptors (Lipinski definition) is 2. The first-order chi connectivity index (χ1) is 6.16. The van der Waals surface area contributed by atoms with Crippen LogP contribution in [0.1, 0.15) is 29.0 Å². The zero-order valence-corrected chi connectivity index (χ0v) is 7.53. The van der Waals surface area contributed by atoms with E-state index in [2.05, 4.69) is 5.10 Å². The molecule has 0 aliphatic heterocycles. The van der Waals surface area contributed by atoms with Crippen molar-refractivity contribution in [1.29, 1.82) is 0 Å². The van der Waals surface area contributed by atoms with Crippen LogP contribution < -0.4 is 0 Å². The Kier molecular flexibility index (Phi) is 1.83. The van der Waals surface area contributed by atoms with Gasteiger partial charge in [0.25, 0.3) is 0 Å². The Labute approximate surface area is 76.2 Å². The molecule has 1 fully saturated rings. The van der Waals surface area contributed by atoms with Crippen LogP contribution in [0, 0.1) is 12.8 Å². The molecule has 4 heteroatoms. The van der Waals surface area contributed by atoms with Crippen molar-refractivity contribution in [1.82, 2.24) is 9.78 Å². The van der Waals surface area contributed by atoms with Crippen LogP contribution in [0.15, 0.2) is 6.07 Å². The molecule has 1 aliphatic rings. The summed E-state index contributed by atoms with van der Waals surface area (Å²) in [6.45, 7) is 2.57. The predicted octanol–water partition coefficient (Wildman–Crippen LogP) is 1.30. The molecule has 0 aromatic carbocycles. The zero-order chi connectivity index (χ0) is 9.42. The summed E-state index contributed by atoms with van der Waals surface area (Å²) in [5.74, 6) is -0.237. The number of carbonyl (C=O) groups is 1. The molecule has 1 heterocycles. The number of carboxylic acids is 1. The van der Waals surface area contributed by atoms with E-state index in [-0.39, 0.29) is 0 Å². The van der Waals surface area contributed by atoms with E-state index in [0.717, 1.165) is 12.2 Å². The molecule has 0 atom stereocenters. The number of aromatic nitrogens is 2. The van der Waals surface area contributed by atoms with Crippen molar-refractivity contribution in [3.63, 3.8) is 0 Å². The Morgan fingerprint density at radius 3 is 3.00 bits per heavy atom. The second-order valence-electron chi connectivity index (χ2n) is 3.60. The molecule has 2 rings (SSSR count). The second kappa shape index (κ2) is 2.87. The monoisotopic (exact) mass is 180 g/mol. The number of nitrogens with zero attached hydrogens (tertiary/aromatic N) is 2. The topological polar surface area (TPSA) is 55.1 Å². The highest BCUT2D eigenvalue weighted by molar-refractivity contribution is 5.85. The normalized spacial score (nSPS) is 16.1. The lowest BCUT2D eigenvalue weighted by Gasteiger charge is -2.01. The smallest absolute Gasteiger partial charge is 0.354 e. The van der Waals surface area contributed by atoms with Crippen molar-refractivity contribution in [2.45, 2.75) is 26.3 Å². The van der Waals surface area contributed by atoms with Gasteiger partial charge in [0.05, 0.1) is 5.69 Å². The van der Waals surface area contributed by atoms with Crippen molar-refractivity contribution < 1.29 is 9.90 Å². The highest BCUT2D eigenvalue weighted by atomic mass is 16.4. The van der Waals surface area contributed by atoms with Gasteiger partial charge in [-0.05, 0) is 31.7 Å². The molecule has 1 aliphatic carbocycles. The Balaban J connectivity index is 2.24. The third-order valence-electron chi connectivity index (χ3n) is 2.25. The van der Waals surface area contributed by atoms with Crippen LogP contribution in [0.25, 0.3) is 0 Å². The molecule has 0 saturated heterocycles. The summed E-state index contributed by atoms with van der Waals surface area (Å²) in [4.78, 5) is 10.8. The van der Waals surface area contributed by atoms with Gasteiger partial charge in [-0.25, -0.2) is 4.79 Å². The Morgan fingerprint density at radius 2 is 2.46 bits per heavy atom. The molecule has 0 spiro atoms. The van der Waals surface area contributed by atoms with E-state index in [1.165, 1.54) is 12.8 Å². The van der Waals surface area contributed by atoms with E-state index in [9.17, 15) is 4.79 Å². The molecular formula is C9H12N2O2. The minimum absolute atomic E-state index is 0.310. The molecule has 1 aromatic rings. The van der Waals surface area contributed by atoms with Gasteiger partial charge in [0.2, 0.25) is 0 Å². The first kappa shape index (κ1) is 8.29. The molecule has 1 saturated carbocycles. The van der Waals surface area contributed by atoms with E-state index >= 15 is 0 Å². The van der Waals surface area contributed by atoms with Crippen molar-refractivity contribution >= 4 is 5.97 Å². The van der Waals surface area contributed by atoms with Crippen molar-refractivity contribution in [3.05, 3.63) is 17.5 Å². The fraction of sp³-hybridized carbons (Fsp3) is 0.556. The van der Waals surface area contributed by atoms with E-state index in [0.29, 0.717) is 11.6 Å². The standard InChI is InChI=1S/C9H12N2O2/c1-6-4-8(9(12)13)11(10-6)5-7-2-3-7/h4,7H,2-3,5H2,1H3,(H,12,13). The van der Waals surface area contributed by atoms with Crippen LogP contribution in [0.5, 0.6) is 0 Å². The first-order valence-electron chi connectivity index (χ1n) is 4.44. The number of aryl methyl sites for hydroxylation is 1. The van der Waals surface area contributed by atoms with Gasteiger partial charge in [-0.15, -0.1) is 0 Å². The summed E-state index contributed by atoms with van der Waals surface area (Å²) in [7, 11) is 0. The third kappa shape index (κ3) is 1.71. The average molecular weight is 180 g/mol. The molecular weight excluding hydrogens is 168 g/mol. The number of hydrogen-bond donors (Lipinski definition) is 1. The maximum absolute atomic E-state index is 10.8. The number of carboxylic acid groups (broad SMARTS) is 1. The number of rotatable bonds is 3. The largest absolute Gasteiger partial charge is 0.477 e. The minimum atomic E-state index is -0.888. The second-order valence-corrected chi connectivity index (χ2v) is 3.60. The highest BCUT2D eigenvalue weighted by Crippen LogP contribution is 2.30. The molecule has 70 valence electrons. The lowest BCUT2D eigenvalue weighted by atomic mass is 10.3. The van der Waals surface area contributed by atoms with Crippen molar-refractivity contribution in [2.75, 3.05) is 0 Å². The van der Waals surface area contributed by atoms with Crippen LogP contribution >= 0.6 is 0 Å². The van der Waals surface area contributed by atoms with Gasteiger partial charge in [-0.1, -0.05) is 0 Å². The van der Waals surface area contributed by atoms with Gasteiger partial charge < -0.3 is 5.11 Å². The van der Waals surface area contributed by atoms with E-state index < -0.39 is 5.97 Å². The Hall–Kier alpha value is -1.32. The van der Waals surface area contributed by atoms with Crippen LogP contribution in [0.3, 0.4) is 0 Å². The SMILES string of the molecule is Cc1cc(C(=O)O)n(CC2CC2)n1. The predicted molar refractivity (Wildman–Crippen MR) is 46.6 cm³/mol. The summed E-state index contributed by atoms with van der Waals surface area (Å²) in [5.41, 5.74) is 1.09. The average Bonchev–Trinajstić information content (AvgIpc) is 2.75. The van der Waals surface area contributed by atoms with Crippen LogP contribution in [-0.2, 0) is 6.54 Å². The fourth-order valence-electron chi connectivity index (χ4n) is 1.40. The van der Waals surface area contributed by atoms with Crippen molar-refractivity contribution in [2.24, 2.45) is 5.92 Å². The maximum atomic E-state index is 10.8. The third-order valence-corrected chi connectivity index (χ3v) is 2.25. The van der Waals surface area contributed by atoms with E-state index in [1.807, 2.05) is 6.92 Å². The van der Waals surface area contributed by atoms with Gasteiger partial charge in [-0.3, -0.25) is 4.68 Å². The first-order valence-corrected chi connectivity index (χ1v) is 4.44. The Morgan fingerprint density at radius 1 is 1.77 bits per heavy atom. The summed E-state index contributed by atoms with van der Waals surface area (Å²) in [6, 6.07) is 1.62. The summed E-state index contributed by atoms with van der Waals surface area (Å²) < 4.78 is 1.61. The summed E-state index contributed by atoms with van der Waals surface area (Å²) in [6.07, 6.45) is 2.41. The molecule has 0 bridgehead atoms. The molecule has 1 aromatic heterocycles.